The van der Waals surface area contributed by atoms with Crippen molar-refractivity contribution in [3.63, 3.8) is 0 Å². The summed E-state index contributed by atoms with van der Waals surface area (Å²) in [5.41, 5.74) is 0. The van der Waals surface area contributed by atoms with Crippen LogP contribution in [0.25, 0.3) is 0 Å². The number of hydrogen-bond donors (Lipinski definition) is 0. The zero-order valence-electron chi connectivity index (χ0n) is 3.50. The Morgan fingerprint density at radius 1 is 1.60 bits per heavy atom. The summed E-state index contributed by atoms with van der Waals surface area (Å²) >= 11 is 5.19. The smallest absolute Gasteiger partial charge is 0.127 e. The molecule has 5 heavy (non-hydrogen) atoms. The van der Waals surface area contributed by atoms with Crippen molar-refractivity contribution in [1.29, 1.82) is 0 Å². The Bertz CT molecular complexity index is 8.85. The molecule has 0 aliphatic carbocycles. The first-order valence-electron chi connectivity index (χ1n) is 1.47. The molecule has 0 saturated carbocycles. The second-order valence-corrected chi connectivity index (χ2v) is 1.07. The molecule has 0 heterocycles. The fourth-order valence-electron chi connectivity index (χ4n) is 0. The molecular weight excluding hydrogens is 95.8 g/mol. The van der Waals surface area contributed by atoms with E-state index in [0.717, 1.165) is 12.3 Å². The molecular formula is C3H7ClMg+2. The Morgan fingerprint density at radius 2 is 1.80 bits per heavy atom. The molecule has 2 heteroatoms. The normalized spacial score (nSPS) is 6.00. The molecule has 0 bridgehead atoms. The van der Waals surface area contributed by atoms with E-state index >= 15 is 0 Å². The third-order valence-electron chi connectivity index (χ3n) is 0.189. The van der Waals surface area contributed by atoms with Crippen LogP contribution >= 0.6 is 11.6 Å². The number of hydrogen-bond acceptors (Lipinski definition) is 0. The first-order chi connectivity index (χ1) is 1.91. The molecule has 0 rings (SSSR count). The fourth-order valence-corrected chi connectivity index (χ4v) is 0. The summed E-state index contributed by atoms with van der Waals surface area (Å²) in [6.45, 7) is 2.05. The van der Waals surface area contributed by atoms with Crippen LogP contribution in [0.2, 0.25) is 0 Å². The maximum Gasteiger partial charge on any atom is 2.00 e. The van der Waals surface area contributed by atoms with Gasteiger partial charge in [-0.05, 0) is 6.42 Å². The minimum absolute atomic E-state index is 0. The summed E-state index contributed by atoms with van der Waals surface area (Å²) in [6, 6.07) is 0. The summed E-state index contributed by atoms with van der Waals surface area (Å²) < 4.78 is 0. The van der Waals surface area contributed by atoms with Crippen molar-refractivity contribution in [2.45, 2.75) is 13.3 Å². The first kappa shape index (κ1) is 9.41. The van der Waals surface area contributed by atoms with Crippen LogP contribution in [0.5, 0.6) is 0 Å². The van der Waals surface area contributed by atoms with Crippen LogP contribution in [-0.4, -0.2) is 28.9 Å². The first-order valence-corrected chi connectivity index (χ1v) is 2.01. The Kier molecular flexibility index (Phi) is 16.8. The van der Waals surface area contributed by atoms with E-state index in [2.05, 4.69) is 0 Å². The van der Waals surface area contributed by atoms with E-state index < -0.39 is 0 Å². The van der Waals surface area contributed by atoms with Crippen molar-refractivity contribution in [3.05, 3.63) is 0 Å². The van der Waals surface area contributed by atoms with E-state index in [1.807, 2.05) is 6.92 Å². The van der Waals surface area contributed by atoms with Crippen LogP contribution in [0.4, 0.5) is 0 Å². The van der Waals surface area contributed by atoms with Gasteiger partial charge in [-0.3, -0.25) is 0 Å². The average Bonchev–Trinajstić information content (AvgIpc) is 1.37. The summed E-state index contributed by atoms with van der Waals surface area (Å²) in [6.07, 6.45) is 1.08. The minimum Gasteiger partial charge on any atom is -0.127 e. The van der Waals surface area contributed by atoms with Crippen molar-refractivity contribution < 1.29 is 0 Å². The van der Waals surface area contributed by atoms with E-state index in [1.165, 1.54) is 0 Å². The van der Waals surface area contributed by atoms with Crippen molar-refractivity contribution >= 4 is 34.7 Å². The van der Waals surface area contributed by atoms with Gasteiger partial charge in [0.25, 0.3) is 0 Å². The number of rotatable bonds is 1. The number of alkyl halides is 1. The molecule has 0 aromatic rings. The third-order valence-corrected chi connectivity index (χ3v) is 0.567. The van der Waals surface area contributed by atoms with Crippen molar-refractivity contribution in [2.24, 2.45) is 0 Å². The van der Waals surface area contributed by atoms with Gasteiger partial charge >= 0.3 is 23.1 Å². The molecule has 0 aromatic heterocycles. The largest absolute Gasteiger partial charge is 2.00 e. The predicted octanol–water partition coefficient (Wildman–Crippen LogP) is 1.25. The third kappa shape index (κ3) is 11.2. The van der Waals surface area contributed by atoms with Gasteiger partial charge in [-0.1, -0.05) is 6.92 Å². The Balaban J connectivity index is 0. The topological polar surface area (TPSA) is 0 Å². The summed E-state index contributed by atoms with van der Waals surface area (Å²) in [7, 11) is 0. The number of halogens is 1. The summed E-state index contributed by atoms with van der Waals surface area (Å²) in [4.78, 5) is 0. The van der Waals surface area contributed by atoms with Crippen LogP contribution in [0, 0.1) is 0 Å². The van der Waals surface area contributed by atoms with Gasteiger partial charge in [-0.2, -0.15) is 0 Å². The molecule has 0 aliphatic heterocycles. The van der Waals surface area contributed by atoms with Gasteiger partial charge in [0, 0.05) is 5.88 Å². The molecule has 0 saturated heterocycles. The van der Waals surface area contributed by atoms with E-state index in [1.54, 1.807) is 0 Å². The molecule has 0 aliphatic rings. The molecule has 0 nitrogen and oxygen atoms in total. The van der Waals surface area contributed by atoms with E-state index in [4.69, 9.17) is 11.6 Å². The van der Waals surface area contributed by atoms with Gasteiger partial charge in [0.05, 0.1) is 0 Å². The van der Waals surface area contributed by atoms with Crippen LogP contribution in [0.15, 0.2) is 0 Å². The second-order valence-electron chi connectivity index (χ2n) is 0.689. The standard InChI is InChI=1S/C3H7Cl.Mg/c1-2-3-4;/h2-3H2,1H3;/q;+2. The zero-order chi connectivity index (χ0) is 3.41. The fraction of sp³-hybridized carbons (Fsp3) is 1.00. The van der Waals surface area contributed by atoms with Crippen LogP contribution < -0.4 is 0 Å². The van der Waals surface area contributed by atoms with Gasteiger partial charge in [0.2, 0.25) is 0 Å². The summed E-state index contributed by atoms with van der Waals surface area (Å²) in [5, 5.41) is 0. The van der Waals surface area contributed by atoms with Gasteiger partial charge < -0.3 is 0 Å². The molecule has 0 radical (unpaired) electrons. The quantitative estimate of drug-likeness (QED) is 0.346. The monoisotopic (exact) mass is 102 g/mol. The van der Waals surface area contributed by atoms with E-state index in [-0.39, 0.29) is 23.1 Å². The Labute approximate surface area is 54.0 Å². The van der Waals surface area contributed by atoms with Gasteiger partial charge in [0.1, 0.15) is 0 Å². The summed E-state index contributed by atoms with van der Waals surface area (Å²) in [5.74, 6) is 0.792. The van der Waals surface area contributed by atoms with Gasteiger partial charge in [-0.15, -0.1) is 11.6 Å². The molecule has 0 amide bonds. The SMILES string of the molecule is CCCCl.[Mg+2]. The molecule has 0 N–H and O–H groups in total. The molecule has 0 unspecified atom stereocenters. The second kappa shape index (κ2) is 8.91. The van der Waals surface area contributed by atoms with Crippen LogP contribution in [0.3, 0.4) is 0 Å². The minimum atomic E-state index is 0. The molecule has 0 spiro atoms. The van der Waals surface area contributed by atoms with E-state index in [0.29, 0.717) is 0 Å². The maximum atomic E-state index is 5.19. The molecule has 0 aromatic carbocycles. The molecule has 0 atom stereocenters. The molecule has 0 fully saturated rings. The average molecular weight is 103 g/mol. The zero-order valence-corrected chi connectivity index (χ0v) is 5.67. The van der Waals surface area contributed by atoms with E-state index in [9.17, 15) is 0 Å². The predicted molar refractivity (Wildman–Crippen MR) is 26.8 cm³/mol. The molecule has 26 valence electrons. The van der Waals surface area contributed by atoms with Crippen molar-refractivity contribution in [3.8, 4) is 0 Å². The van der Waals surface area contributed by atoms with Gasteiger partial charge in [0.15, 0.2) is 0 Å². The Hall–Kier alpha value is 1.06. The Morgan fingerprint density at radius 3 is 1.80 bits per heavy atom. The maximum absolute atomic E-state index is 5.19. The van der Waals surface area contributed by atoms with Crippen LogP contribution in [-0.2, 0) is 0 Å². The van der Waals surface area contributed by atoms with Gasteiger partial charge in [-0.25, -0.2) is 0 Å². The van der Waals surface area contributed by atoms with Crippen molar-refractivity contribution in [1.82, 2.24) is 0 Å². The van der Waals surface area contributed by atoms with Crippen LogP contribution in [0.1, 0.15) is 13.3 Å². The van der Waals surface area contributed by atoms with Crippen molar-refractivity contribution in [2.75, 3.05) is 5.88 Å².